The SMILES string of the molecule is CC(C)CC(=O)Nc1cncc(-c2cc3c(-c4nc5c(-c6cc(F)cc(CCS(C)(=O)=O)c6)cncc5[nH]4)n[nH]c3cn2)c1. The van der Waals surface area contributed by atoms with E-state index in [4.69, 9.17) is 4.98 Å². The van der Waals surface area contributed by atoms with Crippen molar-refractivity contribution in [2.75, 3.05) is 17.3 Å². The number of aryl methyl sites for hydroxylation is 1. The zero-order valence-corrected chi connectivity index (χ0v) is 25.0. The summed E-state index contributed by atoms with van der Waals surface area (Å²) in [4.78, 5) is 33.5. The number of halogens is 1. The van der Waals surface area contributed by atoms with Gasteiger partial charge in [0.2, 0.25) is 5.91 Å². The Hall–Kier alpha value is -5.04. The van der Waals surface area contributed by atoms with Crippen molar-refractivity contribution in [2.24, 2.45) is 5.92 Å². The lowest BCUT2D eigenvalue weighted by Crippen LogP contribution is -2.13. The molecule has 0 saturated heterocycles. The Bertz CT molecular complexity index is 2140. The molecule has 0 radical (unpaired) electrons. The van der Waals surface area contributed by atoms with Crippen LogP contribution in [0.3, 0.4) is 0 Å². The maximum absolute atomic E-state index is 14.6. The predicted octanol–water partition coefficient (Wildman–Crippen LogP) is 5.34. The van der Waals surface area contributed by atoms with E-state index in [2.05, 4.69) is 35.5 Å². The Morgan fingerprint density at radius 1 is 0.977 bits per heavy atom. The second-order valence-corrected chi connectivity index (χ2v) is 13.5. The molecule has 0 atom stereocenters. The number of H-pyrrole nitrogens is 2. The van der Waals surface area contributed by atoms with Crippen LogP contribution in [-0.2, 0) is 21.1 Å². The normalized spacial score (nSPS) is 11.9. The molecule has 6 rings (SSSR count). The highest BCUT2D eigenvalue weighted by atomic mass is 32.2. The van der Waals surface area contributed by atoms with Gasteiger partial charge in [0, 0.05) is 41.6 Å². The summed E-state index contributed by atoms with van der Waals surface area (Å²) >= 11 is 0. The first kappa shape index (κ1) is 29.1. The number of fused-ring (bicyclic) bond motifs is 2. The fraction of sp³-hybridized carbons (Fsp3) is 0.226. The third kappa shape index (κ3) is 6.32. The number of benzene rings is 1. The molecular formula is C31H29FN8O3S. The summed E-state index contributed by atoms with van der Waals surface area (Å²) < 4.78 is 37.9. The second kappa shape index (κ2) is 11.6. The zero-order chi connectivity index (χ0) is 31.0. The van der Waals surface area contributed by atoms with Gasteiger partial charge in [-0.2, -0.15) is 5.10 Å². The minimum absolute atomic E-state index is 0.0819. The molecule has 0 aliphatic rings. The van der Waals surface area contributed by atoms with Gasteiger partial charge in [0.25, 0.3) is 0 Å². The highest BCUT2D eigenvalue weighted by molar-refractivity contribution is 7.90. The van der Waals surface area contributed by atoms with Gasteiger partial charge in [-0.3, -0.25) is 24.8 Å². The largest absolute Gasteiger partial charge is 0.335 e. The van der Waals surface area contributed by atoms with Gasteiger partial charge in [0.15, 0.2) is 5.82 Å². The van der Waals surface area contributed by atoms with E-state index >= 15 is 0 Å². The maximum Gasteiger partial charge on any atom is 0.224 e. The standard InChI is InChI=1S/C31H29FN8O3S/c1-17(2)6-28(41)36-22-10-20(12-33-13-22)25-11-23-26(16-35-25)39-40-30(23)31-37-27-15-34-14-24(29(27)38-31)19-7-18(8-21(32)9-19)4-5-44(3,42)43/h7-17H,4-6H2,1-3H3,(H,36,41)(H,37,38)(H,39,40). The van der Waals surface area contributed by atoms with Crippen LogP contribution in [0, 0.1) is 11.7 Å². The van der Waals surface area contributed by atoms with E-state index in [9.17, 15) is 17.6 Å². The molecule has 0 bridgehead atoms. The molecule has 11 nitrogen and oxygen atoms in total. The number of imidazole rings is 1. The number of nitrogens with zero attached hydrogens (tertiary/aromatic N) is 5. The number of anilines is 1. The third-order valence-electron chi connectivity index (χ3n) is 7.01. The summed E-state index contributed by atoms with van der Waals surface area (Å²) in [5, 5.41) is 11.1. The zero-order valence-electron chi connectivity index (χ0n) is 24.2. The summed E-state index contributed by atoms with van der Waals surface area (Å²) in [6.45, 7) is 3.97. The van der Waals surface area contributed by atoms with Crippen LogP contribution >= 0.6 is 0 Å². The molecule has 6 aromatic rings. The Labute approximate surface area is 252 Å². The number of carbonyl (C=O) groups excluding carboxylic acids is 1. The van der Waals surface area contributed by atoms with E-state index in [0.717, 1.165) is 17.2 Å². The molecule has 5 heterocycles. The van der Waals surface area contributed by atoms with E-state index in [0.29, 0.717) is 62.6 Å². The quantitative estimate of drug-likeness (QED) is 0.197. The topological polar surface area (TPSA) is 159 Å². The molecule has 0 saturated carbocycles. The van der Waals surface area contributed by atoms with Gasteiger partial charge < -0.3 is 10.3 Å². The monoisotopic (exact) mass is 612 g/mol. The summed E-state index contributed by atoms with van der Waals surface area (Å²) in [7, 11) is -3.21. The van der Waals surface area contributed by atoms with Gasteiger partial charge >= 0.3 is 0 Å². The number of sulfone groups is 1. The molecule has 3 N–H and O–H groups in total. The van der Waals surface area contributed by atoms with Gasteiger partial charge in [-0.1, -0.05) is 19.9 Å². The number of rotatable bonds is 9. The van der Waals surface area contributed by atoms with Gasteiger partial charge in [0.05, 0.1) is 52.3 Å². The fourth-order valence-electron chi connectivity index (χ4n) is 5.00. The number of carbonyl (C=O) groups is 1. The van der Waals surface area contributed by atoms with Crippen LogP contribution in [0.4, 0.5) is 10.1 Å². The lowest BCUT2D eigenvalue weighted by atomic mass is 10.0. The highest BCUT2D eigenvalue weighted by Crippen LogP contribution is 2.33. The lowest BCUT2D eigenvalue weighted by molar-refractivity contribution is -0.116. The van der Waals surface area contributed by atoms with Crippen LogP contribution in [0.15, 0.2) is 61.3 Å². The Morgan fingerprint density at radius 3 is 2.59 bits per heavy atom. The van der Waals surface area contributed by atoms with Gasteiger partial charge in [-0.15, -0.1) is 0 Å². The Kier molecular flexibility index (Phi) is 7.64. The number of nitrogens with one attached hydrogen (secondary N) is 3. The minimum Gasteiger partial charge on any atom is -0.335 e. The molecule has 0 spiro atoms. The van der Waals surface area contributed by atoms with Gasteiger partial charge in [-0.25, -0.2) is 17.8 Å². The predicted molar refractivity (Wildman–Crippen MR) is 167 cm³/mol. The first-order valence-corrected chi connectivity index (χ1v) is 16.0. The molecule has 0 fully saturated rings. The number of hydrogen-bond acceptors (Lipinski definition) is 8. The first-order valence-electron chi connectivity index (χ1n) is 13.9. The molecule has 44 heavy (non-hydrogen) atoms. The van der Waals surface area contributed by atoms with Crippen molar-refractivity contribution in [1.82, 2.24) is 35.1 Å². The maximum atomic E-state index is 14.6. The van der Waals surface area contributed by atoms with E-state index in [1.807, 2.05) is 26.0 Å². The number of pyridine rings is 3. The van der Waals surface area contributed by atoms with Crippen molar-refractivity contribution in [3.8, 4) is 33.9 Å². The molecule has 5 aromatic heterocycles. The van der Waals surface area contributed by atoms with Crippen molar-refractivity contribution in [1.29, 1.82) is 0 Å². The van der Waals surface area contributed by atoms with E-state index in [-0.39, 0.29) is 24.0 Å². The molecule has 1 aromatic carbocycles. The van der Waals surface area contributed by atoms with Crippen molar-refractivity contribution in [3.05, 3.63) is 72.7 Å². The molecular weight excluding hydrogens is 583 g/mol. The average molecular weight is 613 g/mol. The summed E-state index contributed by atoms with van der Waals surface area (Å²) in [5.74, 6) is 0.0650. The van der Waals surface area contributed by atoms with Crippen molar-refractivity contribution in [3.63, 3.8) is 0 Å². The summed E-state index contributed by atoms with van der Waals surface area (Å²) in [6, 6.07) is 8.17. The van der Waals surface area contributed by atoms with Crippen LogP contribution in [0.1, 0.15) is 25.8 Å². The van der Waals surface area contributed by atoms with Crippen LogP contribution in [0.25, 0.3) is 55.8 Å². The van der Waals surface area contributed by atoms with Crippen LogP contribution < -0.4 is 5.32 Å². The molecule has 1 amide bonds. The van der Waals surface area contributed by atoms with E-state index in [1.165, 1.54) is 12.1 Å². The number of aromatic amines is 2. The van der Waals surface area contributed by atoms with Crippen molar-refractivity contribution >= 4 is 43.4 Å². The fourth-order valence-corrected chi connectivity index (χ4v) is 5.60. The molecule has 13 heteroatoms. The smallest absolute Gasteiger partial charge is 0.224 e. The van der Waals surface area contributed by atoms with Crippen LogP contribution in [-0.4, -0.2) is 61.5 Å². The highest BCUT2D eigenvalue weighted by Gasteiger charge is 2.18. The molecule has 0 aliphatic heterocycles. The first-order chi connectivity index (χ1) is 21.0. The molecule has 0 unspecified atom stereocenters. The summed E-state index contributed by atoms with van der Waals surface area (Å²) in [5.41, 5.74) is 6.05. The van der Waals surface area contributed by atoms with E-state index in [1.54, 1.807) is 37.1 Å². The third-order valence-corrected chi connectivity index (χ3v) is 7.95. The second-order valence-electron chi connectivity index (χ2n) is 11.2. The average Bonchev–Trinajstić information content (AvgIpc) is 3.59. The summed E-state index contributed by atoms with van der Waals surface area (Å²) in [6.07, 6.45) is 9.93. The van der Waals surface area contributed by atoms with E-state index < -0.39 is 15.7 Å². The minimum atomic E-state index is -3.21. The molecule has 0 aliphatic carbocycles. The Balaban J connectivity index is 1.36. The number of aromatic nitrogens is 7. The van der Waals surface area contributed by atoms with Crippen LogP contribution in [0.5, 0.6) is 0 Å². The Morgan fingerprint density at radius 2 is 1.80 bits per heavy atom. The van der Waals surface area contributed by atoms with Crippen molar-refractivity contribution in [2.45, 2.75) is 26.7 Å². The van der Waals surface area contributed by atoms with Gasteiger partial charge in [0.1, 0.15) is 21.3 Å². The molecule has 224 valence electrons. The number of hydrogen-bond donors (Lipinski definition) is 3. The van der Waals surface area contributed by atoms with Gasteiger partial charge in [-0.05, 0) is 47.7 Å². The van der Waals surface area contributed by atoms with Crippen molar-refractivity contribution < 1.29 is 17.6 Å². The van der Waals surface area contributed by atoms with Crippen LogP contribution in [0.2, 0.25) is 0 Å². The lowest BCUT2D eigenvalue weighted by Gasteiger charge is -2.08. The number of amides is 1.